The van der Waals surface area contributed by atoms with Gasteiger partial charge in [0.05, 0.1) is 6.20 Å². The van der Waals surface area contributed by atoms with Crippen molar-refractivity contribution in [3.8, 4) is 11.6 Å². The average molecular weight is 970 g/mol. The quantitative estimate of drug-likeness (QED) is 0.0499. The molecule has 1 heterocycles. The van der Waals surface area contributed by atoms with Crippen molar-refractivity contribution < 1.29 is 97.1 Å². The molecule has 0 amide bonds. The SMILES string of the molecule is Cc1cccc(Oc2c[n+](Cc3ccccc3)ccn2)c1C.Fc1c(F)c(F)c([B-](c2c(F)c(F)c(F)c(F)c2F)(c2c(F)c(F)c(F)c(F)c2F)c2c(F)c(F)c(F)c(F)c2F)c(F)c1F. The Kier molecular flexibility index (Phi) is 13.7. The Labute approximate surface area is 362 Å². The molecule has 1 aromatic heterocycles. The summed E-state index contributed by atoms with van der Waals surface area (Å²) in [5.41, 5.74) is -10.7. The number of aryl methyl sites for hydroxylation is 1. The van der Waals surface area contributed by atoms with E-state index in [0.717, 1.165) is 17.9 Å². The lowest BCUT2D eigenvalue weighted by atomic mass is 9.12. The molecular formula is C43H19BF20N2O. The number of halogens is 20. The molecule has 350 valence electrons. The molecule has 0 saturated heterocycles. The maximum Gasteiger partial charge on any atom is 0.285 e. The van der Waals surface area contributed by atoms with Gasteiger partial charge in [-0.05, 0) is 31.0 Å². The van der Waals surface area contributed by atoms with E-state index in [4.69, 9.17) is 4.74 Å². The van der Waals surface area contributed by atoms with Crippen LogP contribution in [-0.4, -0.2) is 11.1 Å². The van der Waals surface area contributed by atoms with Crippen molar-refractivity contribution in [3.63, 3.8) is 0 Å². The summed E-state index contributed by atoms with van der Waals surface area (Å²) < 4.78 is 302. The van der Waals surface area contributed by atoms with Crippen molar-refractivity contribution >= 4 is 28.0 Å². The molecule has 0 aliphatic heterocycles. The van der Waals surface area contributed by atoms with E-state index in [1.807, 2.05) is 42.7 Å². The molecule has 0 N–H and O–H groups in total. The van der Waals surface area contributed by atoms with E-state index in [2.05, 4.69) is 41.6 Å². The van der Waals surface area contributed by atoms with Crippen LogP contribution in [0, 0.1) is 130 Å². The molecule has 0 aliphatic rings. The second kappa shape index (κ2) is 18.6. The summed E-state index contributed by atoms with van der Waals surface area (Å²) in [6, 6.07) is 16.4. The third-order valence-corrected chi connectivity index (χ3v) is 10.4. The second-order valence-electron chi connectivity index (χ2n) is 14.2. The molecule has 0 spiro atoms. The van der Waals surface area contributed by atoms with E-state index in [-0.39, 0.29) is 0 Å². The van der Waals surface area contributed by atoms with Crippen LogP contribution in [0.25, 0.3) is 0 Å². The number of nitrogens with zero attached hydrogens (tertiary/aromatic N) is 2. The van der Waals surface area contributed by atoms with Crippen molar-refractivity contribution in [1.82, 2.24) is 4.98 Å². The zero-order valence-electron chi connectivity index (χ0n) is 33.0. The molecule has 7 rings (SSSR count). The summed E-state index contributed by atoms with van der Waals surface area (Å²) in [6.45, 7) is 4.94. The topological polar surface area (TPSA) is 26.0 Å². The minimum Gasteiger partial charge on any atom is -0.434 e. The molecule has 67 heavy (non-hydrogen) atoms. The number of ether oxygens (including phenoxy) is 1. The van der Waals surface area contributed by atoms with E-state index in [1.54, 1.807) is 6.20 Å². The summed E-state index contributed by atoms with van der Waals surface area (Å²) in [5.74, 6) is -69.9. The first kappa shape index (κ1) is 49.3. The zero-order valence-corrected chi connectivity index (χ0v) is 33.0. The largest absolute Gasteiger partial charge is 0.434 e. The molecule has 0 aliphatic carbocycles. The van der Waals surface area contributed by atoms with Gasteiger partial charge in [-0.2, -0.15) is 4.57 Å². The van der Waals surface area contributed by atoms with Crippen LogP contribution in [-0.2, 0) is 6.54 Å². The number of hydrogen-bond donors (Lipinski definition) is 0. The van der Waals surface area contributed by atoms with E-state index in [9.17, 15) is 52.7 Å². The van der Waals surface area contributed by atoms with E-state index < -0.39 is 144 Å². The van der Waals surface area contributed by atoms with Gasteiger partial charge in [-0.3, -0.25) is 0 Å². The maximum absolute atomic E-state index is 15.4. The number of aromatic nitrogens is 2. The predicted molar refractivity (Wildman–Crippen MR) is 195 cm³/mol. The summed E-state index contributed by atoms with van der Waals surface area (Å²) in [7, 11) is 0. The molecule has 3 nitrogen and oxygen atoms in total. The van der Waals surface area contributed by atoms with Crippen LogP contribution >= 0.6 is 0 Å². The smallest absolute Gasteiger partial charge is 0.285 e. The van der Waals surface area contributed by atoms with Crippen LogP contribution in [0.15, 0.2) is 67.1 Å². The highest BCUT2D eigenvalue weighted by atomic mass is 19.2. The molecular weight excluding hydrogens is 951 g/mol. The first-order valence-corrected chi connectivity index (χ1v) is 18.3. The molecule has 0 atom stereocenters. The van der Waals surface area contributed by atoms with Gasteiger partial charge in [-0.25, -0.2) is 92.8 Å². The minimum absolute atomic E-state index is 0.604. The molecule has 0 fully saturated rings. The minimum atomic E-state index is -7.22. The molecule has 0 saturated carbocycles. The van der Waals surface area contributed by atoms with Crippen LogP contribution in [0.5, 0.6) is 11.6 Å². The molecule has 7 aromatic rings. The van der Waals surface area contributed by atoms with Gasteiger partial charge in [0.25, 0.3) is 5.88 Å². The monoisotopic (exact) mass is 970 g/mol. The Balaban J connectivity index is 0.000000279. The first-order chi connectivity index (χ1) is 31.4. The van der Waals surface area contributed by atoms with Crippen molar-refractivity contribution in [2.75, 3.05) is 0 Å². The van der Waals surface area contributed by atoms with Gasteiger partial charge >= 0.3 is 0 Å². The fraction of sp³-hybridized carbons (Fsp3) is 0.0698. The Morgan fingerprint density at radius 2 is 0.746 bits per heavy atom. The summed E-state index contributed by atoms with van der Waals surface area (Å²) in [5, 5.41) is 0. The van der Waals surface area contributed by atoms with Crippen LogP contribution in [0.4, 0.5) is 87.8 Å². The predicted octanol–water partition coefficient (Wildman–Crippen LogP) is 9.67. The highest BCUT2D eigenvalue weighted by molar-refractivity contribution is 7.20. The normalized spacial score (nSPS) is 11.5. The Morgan fingerprint density at radius 1 is 0.418 bits per heavy atom. The molecule has 0 radical (unpaired) electrons. The maximum atomic E-state index is 15.4. The van der Waals surface area contributed by atoms with E-state index >= 15 is 35.1 Å². The fourth-order valence-electron chi connectivity index (χ4n) is 7.18. The highest BCUT2D eigenvalue weighted by Crippen LogP contribution is 2.31. The Hall–Kier alpha value is -7.14. The van der Waals surface area contributed by atoms with Gasteiger partial charge < -0.3 is 4.74 Å². The van der Waals surface area contributed by atoms with Crippen molar-refractivity contribution in [3.05, 3.63) is 200 Å². The third kappa shape index (κ3) is 8.15. The molecule has 24 heteroatoms. The molecule has 0 bridgehead atoms. The van der Waals surface area contributed by atoms with Gasteiger partial charge in [0.2, 0.25) is 6.20 Å². The lowest BCUT2D eigenvalue weighted by molar-refractivity contribution is -0.689. The highest BCUT2D eigenvalue weighted by Gasteiger charge is 2.52. The standard InChI is InChI=1S/C24BF20.C19H19N2O/c26-5-1(6(27)14(35)21(42)13(5)34)25(2-7(28)15(36)22(43)16(37)8(2)29,3-9(30)17(38)23(44)18(39)10(3)31)4-11(32)19(40)24(45)20(41)12(4)33;1-15-7-6-10-18(16(15)2)22-19-14-21(12-11-20-19)13-17-8-4-3-5-9-17/h;3-12,14H,13H2,1-2H3/q-1;+1. The van der Waals surface area contributed by atoms with Crippen molar-refractivity contribution in [1.29, 1.82) is 0 Å². The second-order valence-corrected chi connectivity index (χ2v) is 14.2. The lowest BCUT2D eigenvalue weighted by Gasteiger charge is -2.44. The van der Waals surface area contributed by atoms with Crippen LogP contribution in [0.2, 0.25) is 0 Å². The van der Waals surface area contributed by atoms with E-state index in [0.29, 0.717) is 5.88 Å². The van der Waals surface area contributed by atoms with Crippen LogP contribution in [0.3, 0.4) is 0 Å². The van der Waals surface area contributed by atoms with E-state index in [1.165, 1.54) is 11.1 Å². The van der Waals surface area contributed by atoms with Crippen LogP contribution in [0.1, 0.15) is 16.7 Å². The first-order valence-electron chi connectivity index (χ1n) is 18.3. The van der Waals surface area contributed by atoms with Gasteiger partial charge in [0, 0.05) is 5.56 Å². The lowest BCUT2D eigenvalue weighted by Crippen LogP contribution is -2.81. The molecule has 0 unspecified atom stereocenters. The van der Waals surface area contributed by atoms with Crippen molar-refractivity contribution in [2.24, 2.45) is 0 Å². The number of rotatable bonds is 8. The third-order valence-electron chi connectivity index (χ3n) is 10.4. The number of benzene rings is 6. The zero-order chi connectivity index (χ0) is 49.7. The van der Waals surface area contributed by atoms with Gasteiger partial charge in [-0.1, -0.05) is 42.5 Å². The summed E-state index contributed by atoms with van der Waals surface area (Å²) >= 11 is 0. The van der Waals surface area contributed by atoms with Gasteiger partial charge in [0.1, 0.15) is 58.4 Å². The summed E-state index contributed by atoms with van der Waals surface area (Å²) in [4.78, 5) is 4.30. The fourth-order valence-corrected chi connectivity index (χ4v) is 7.18. The number of hydrogen-bond acceptors (Lipinski definition) is 2. The van der Waals surface area contributed by atoms with Gasteiger partial charge in [0.15, 0.2) is 82.5 Å². The van der Waals surface area contributed by atoms with Gasteiger partial charge in [-0.15, -0.1) is 21.9 Å². The van der Waals surface area contributed by atoms with Crippen LogP contribution < -0.4 is 31.2 Å². The Bertz CT molecular complexity index is 2730. The van der Waals surface area contributed by atoms with Crippen molar-refractivity contribution in [2.45, 2.75) is 20.4 Å². The summed E-state index contributed by atoms with van der Waals surface area (Å²) in [6.07, 6.45) is -1.58. The molecule has 6 aromatic carbocycles. The Morgan fingerprint density at radius 3 is 1.09 bits per heavy atom. The average Bonchev–Trinajstić information content (AvgIpc) is 3.31.